The van der Waals surface area contributed by atoms with E-state index in [9.17, 15) is 4.79 Å². The first kappa shape index (κ1) is 11.9. The summed E-state index contributed by atoms with van der Waals surface area (Å²) >= 11 is 0. The van der Waals surface area contributed by atoms with Crippen molar-refractivity contribution in [3.63, 3.8) is 0 Å². The average molecular weight is 230 g/mol. The first-order chi connectivity index (χ1) is 8.20. The normalized spacial score (nSPS) is 12.8. The van der Waals surface area contributed by atoms with E-state index in [0.29, 0.717) is 12.6 Å². The lowest BCUT2D eigenvalue weighted by Gasteiger charge is -2.11. The largest absolute Gasteiger partial charge is 0.322 e. The number of aromatic nitrogens is 1. The highest BCUT2D eigenvalue weighted by Gasteiger charge is 2.04. The standard InChI is InChI=1S/C14H18N2O/c1-3-10(2)15-9-12-8-11-6-4-5-7-13(11)16-14(12)17/h4-8,10,15H,3,9H2,1-2H3,(H,16,17). The molecule has 17 heavy (non-hydrogen) atoms. The molecule has 1 aromatic heterocycles. The number of hydrogen-bond donors (Lipinski definition) is 2. The van der Waals surface area contributed by atoms with Gasteiger partial charge in [-0.2, -0.15) is 0 Å². The Hall–Kier alpha value is -1.61. The van der Waals surface area contributed by atoms with Crippen molar-refractivity contribution >= 4 is 10.9 Å². The topological polar surface area (TPSA) is 44.9 Å². The SMILES string of the molecule is CCC(C)NCc1cc2ccccc2[nH]c1=O. The van der Waals surface area contributed by atoms with E-state index in [1.807, 2.05) is 30.3 Å². The van der Waals surface area contributed by atoms with E-state index in [1.165, 1.54) is 0 Å². The molecule has 0 aliphatic carbocycles. The summed E-state index contributed by atoms with van der Waals surface area (Å²) in [6, 6.07) is 10.2. The van der Waals surface area contributed by atoms with Crippen LogP contribution in [0.15, 0.2) is 35.1 Å². The van der Waals surface area contributed by atoms with Gasteiger partial charge in [0.15, 0.2) is 0 Å². The predicted octanol–water partition coefficient (Wildman–Crippen LogP) is 2.42. The fourth-order valence-corrected chi connectivity index (χ4v) is 1.75. The summed E-state index contributed by atoms with van der Waals surface area (Å²) in [7, 11) is 0. The van der Waals surface area contributed by atoms with E-state index >= 15 is 0 Å². The van der Waals surface area contributed by atoms with Gasteiger partial charge in [-0.15, -0.1) is 0 Å². The maximum absolute atomic E-state index is 11.8. The van der Waals surface area contributed by atoms with Crippen molar-refractivity contribution in [3.8, 4) is 0 Å². The minimum Gasteiger partial charge on any atom is -0.322 e. The summed E-state index contributed by atoms with van der Waals surface area (Å²) in [6.45, 7) is 4.87. The maximum Gasteiger partial charge on any atom is 0.252 e. The third-order valence-corrected chi connectivity index (χ3v) is 3.08. The van der Waals surface area contributed by atoms with E-state index in [4.69, 9.17) is 0 Å². The van der Waals surface area contributed by atoms with Gasteiger partial charge in [-0.3, -0.25) is 4.79 Å². The van der Waals surface area contributed by atoms with E-state index < -0.39 is 0 Å². The van der Waals surface area contributed by atoms with Gasteiger partial charge < -0.3 is 10.3 Å². The molecule has 1 heterocycles. The van der Waals surface area contributed by atoms with Gasteiger partial charge in [-0.25, -0.2) is 0 Å². The predicted molar refractivity (Wildman–Crippen MR) is 71.2 cm³/mol. The minimum atomic E-state index is -0.000460. The van der Waals surface area contributed by atoms with Gasteiger partial charge in [0, 0.05) is 23.7 Å². The number of benzene rings is 1. The van der Waals surface area contributed by atoms with Crippen molar-refractivity contribution in [3.05, 3.63) is 46.2 Å². The monoisotopic (exact) mass is 230 g/mol. The number of aromatic amines is 1. The van der Waals surface area contributed by atoms with Crippen molar-refractivity contribution in [1.29, 1.82) is 0 Å². The highest BCUT2D eigenvalue weighted by atomic mass is 16.1. The van der Waals surface area contributed by atoms with Crippen LogP contribution in [-0.4, -0.2) is 11.0 Å². The summed E-state index contributed by atoms with van der Waals surface area (Å²) in [5.74, 6) is 0. The van der Waals surface area contributed by atoms with Crippen LogP contribution in [0.5, 0.6) is 0 Å². The molecule has 0 bridgehead atoms. The van der Waals surface area contributed by atoms with Crippen LogP contribution in [0.1, 0.15) is 25.8 Å². The van der Waals surface area contributed by atoms with Gasteiger partial charge in [0.05, 0.1) is 0 Å². The molecule has 2 rings (SSSR count). The van der Waals surface area contributed by atoms with Gasteiger partial charge >= 0.3 is 0 Å². The molecule has 1 unspecified atom stereocenters. The van der Waals surface area contributed by atoms with Crippen molar-refractivity contribution < 1.29 is 0 Å². The smallest absolute Gasteiger partial charge is 0.252 e. The van der Waals surface area contributed by atoms with Crippen LogP contribution in [0, 0.1) is 0 Å². The van der Waals surface area contributed by atoms with Gasteiger partial charge in [0.1, 0.15) is 0 Å². The van der Waals surface area contributed by atoms with Crippen LogP contribution in [0.3, 0.4) is 0 Å². The van der Waals surface area contributed by atoms with E-state index in [-0.39, 0.29) is 5.56 Å². The third kappa shape index (κ3) is 2.74. The first-order valence-corrected chi connectivity index (χ1v) is 6.05. The van der Waals surface area contributed by atoms with Crippen molar-refractivity contribution in [2.45, 2.75) is 32.9 Å². The number of hydrogen-bond acceptors (Lipinski definition) is 2. The molecule has 0 amide bonds. The van der Waals surface area contributed by atoms with Crippen LogP contribution in [-0.2, 0) is 6.54 Å². The highest BCUT2D eigenvalue weighted by Crippen LogP contribution is 2.09. The summed E-state index contributed by atoms with van der Waals surface area (Å²) in [5, 5.41) is 4.41. The lowest BCUT2D eigenvalue weighted by atomic mass is 10.1. The molecule has 1 aromatic carbocycles. The van der Waals surface area contributed by atoms with E-state index in [0.717, 1.165) is 22.9 Å². The Balaban J connectivity index is 2.28. The average Bonchev–Trinajstić information content (AvgIpc) is 2.35. The zero-order valence-electron chi connectivity index (χ0n) is 10.3. The van der Waals surface area contributed by atoms with Crippen LogP contribution < -0.4 is 10.9 Å². The van der Waals surface area contributed by atoms with Gasteiger partial charge in [0.2, 0.25) is 0 Å². The molecule has 2 aromatic rings. The van der Waals surface area contributed by atoms with Crippen LogP contribution in [0.4, 0.5) is 0 Å². The molecular weight excluding hydrogens is 212 g/mol. The number of pyridine rings is 1. The minimum absolute atomic E-state index is 0.000460. The Morgan fingerprint density at radius 3 is 2.88 bits per heavy atom. The highest BCUT2D eigenvalue weighted by molar-refractivity contribution is 5.78. The summed E-state index contributed by atoms with van der Waals surface area (Å²) in [4.78, 5) is 14.7. The number of para-hydroxylation sites is 1. The van der Waals surface area contributed by atoms with Crippen molar-refractivity contribution in [1.82, 2.24) is 10.3 Å². The Kier molecular flexibility index (Phi) is 3.59. The number of nitrogens with one attached hydrogen (secondary N) is 2. The summed E-state index contributed by atoms with van der Waals surface area (Å²) in [5.41, 5.74) is 1.69. The molecule has 0 saturated heterocycles. The number of H-pyrrole nitrogens is 1. The second-order valence-electron chi connectivity index (χ2n) is 4.40. The van der Waals surface area contributed by atoms with E-state index in [1.54, 1.807) is 0 Å². The lowest BCUT2D eigenvalue weighted by molar-refractivity contribution is 0.532. The first-order valence-electron chi connectivity index (χ1n) is 6.05. The Morgan fingerprint density at radius 1 is 1.35 bits per heavy atom. The molecule has 0 radical (unpaired) electrons. The second kappa shape index (κ2) is 5.15. The molecule has 0 saturated carbocycles. The molecule has 1 atom stereocenters. The van der Waals surface area contributed by atoms with Crippen LogP contribution >= 0.6 is 0 Å². The molecule has 0 aliphatic rings. The van der Waals surface area contributed by atoms with Gasteiger partial charge in [0.25, 0.3) is 5.56 Å². The van der Waals surface area contributed by atoms with Crippen molar-refractivity contribution in [2.75, 3.05) is 0 Å². The zero-order valence-corrected chi connectivity index (χ0v) is 10.3. The molecule has 3 heteroatoms. The van der Waals surface area contributed by atoms with Gasteiger partial charge in [-0.05, 0) is 30.9 Å². The molecule has 2 N–H and O–H groups in total. The Labute approximate surface area is 101 Å². The second-order valence-corrected chi connectivity index (χ2v) is 4.40. The third-order valence-electron chi connectivity index (χ3n) is 3.08. The van der Waals surface area contributed by atoms with Crippen molar-refractivity contribution in [2.24, 2.45) is 0 Å². The quantitative estimate of drug-likeness (QED) is 0.847. The fraction of sp³-hybridized carbons (Fsp3) is 0.357. The van der Waals surface area contributed by atoms with Crippen LogP contribution in [0.25, 0.3) is 10.9 Å². The van der Waals surface area contributed by atoms with E-state index in [2.05, 4.69) is 24.1 Å². The van der Waals surface area contributed by atoms with Crippen LogP contribution in [0.2, 0.25) is 0 Å². The zero-order chi connectivity index (χ0) is 12.3. The molecule has 90 valence electrons. The Morgan fingerprint density at radius 2 is 2.12 bits per heavy atom. The summed E-state index contributed by atoms with van der Waals surface area (Å²) < 4.78 is 0. The molecular formula is C14H18N2O. The maximum atomic E-state index is 11.8. The summed E-state index contributed by atoms with van der Waals surface area (Å²) in [6.07, 6.45) is 1.06. The molecule has 0 fully saturated rings. The number of rotatable bonds is 4. The molecule has 0 spiro atoms. The molecule has 0 aliphatic heterocycles. The number of fused-ring (bicyclic) bond motifs is 1. The lowest BCUT2D eigenvalue weighted by Crippen LogP contribution is -2.27. The molecule has 3 nitrogen and oxygen atoms in total. The fourth-order valence-electron chi connectivity index (χ4n) is 1.75. The Bertz CT molecular complexity index is 559. The van der Waals surface area contributed by atoms with Gasteiger partial charge in [-0.1, -0.05) is 25.1 Å².